The summed E-state index contributed by atoms with van der Waals surface area (Å²) >= 11 is 5.90. The molecule has 0 spiro atoms. The van der Waals surface area contributed by atoms with E-state index in [-0.39, 0.29) is 11.7 Å². The molecule has 1 aliphatic rings. The van der Waals surface area contributed by atoms with Crippen LogP contribution in [0.15, 0.2) is 53.6 Å². The third kappa shape index (κ3) is 2.47. The summed E-state index contributed by atoms with van der Waals surface area (Å²) in [5, 5.41) is 6.44. The van der Waals surface area contributed by atoms with Crippen molar-refractivity contribution in [1.29, 1.82) is 0 Å². The molecule has 0 saturated carbocycles. The summed E-state index contributed by atoms with van der Waals surface area (Å²) in [6.45, 7) is 0.626. The fourth-order valence-electron chi connectivity index (χ4n) is 2.18. The van der Waals surface area contributed by atoms with Crippen LogP contribution in [0.25, 0.3) is 0 Å². The summed E-state index contributed by atoms with van der Waals surface area (Å²) < 4.78 is 13.8. The summed E-state index contributed by atoms with van der Waals surface area (Å²) in [7, 11) is 0. The first-order valence-corrected chi connectivity index (χ1v) is 6.43. The molecule has 0 amide bonds. The van der Waals surface area contributed by atoms with E-state index < -0.39 is 0 Å². The molecular formula is C15H12ClFN2. The van der Waals surface area contributed by atoms with Crippen LogP contribution in [0.5, 0.6) is 0 Å². The summed E-state index contributed by atoms with van der Waals surface area (Å²) in [5.41, 5.74) is 1.60. The standard InChI is InChI=1S/C15H12ClFN2/c16-13-6-7-14(17)15(8-13)19-10-12(9-18-19)11-4-2-1-3-5-11/h1-9,12H,10H2. The van der Waals surface area contributed by atoms with Crippen molar-refractivity contribution in [3.8, 4) is 0 Å². The Morgan fingerprint density at radius 1 is 1.16 bits per heavy atom. The molecule has 2 aromatic rings. The van der Waals surface area contributed by atoms with E-state index in [9.17, 15) is 4.39 Å². The Kier molecular flexibility index (Phi) is 3.22. The van der Waals surface area contributed by atoms with Crippen LogP contribution in [0.4, 0.5) is 10.1 Å². The molecule has 2 aromatic carbocycles. The van der Waals surface area contributed by atoms with Gasteiger partial charge in [0.25, 0.3) is 0 Å². The van der Waals surface area contributed by atoms with Gasteiger partial charge < -0.3 is 0 Å². The Bertz CT molecular complexity index is 613. The molecule has 0 aromatic heterocycles. The van der Waals surface area contributed by atoms with E-state index in [1.54, 1.807) is 11.1 Å². The van der Waals surface area contributed by atoms with Gasteiger partial charge in [-0.1, -0.05) is 41.9 Å². The van der Waals surface area contributed by atoms with E-state index in [2.05, 4.69) is 17.2 Å². The largest absolute Gasteiger partial charge is 0.262 e. The molecule has 1 unspecified atom stereocenters. The van der Waals surface area contributed by atoms with E-state index in [4.69, 9.17) is 11.6 Å². The molecule has 0 aliphatic carbocycles. The highest BCUT2D eigenvalue weighted by molar-refractivity contribution is 6.30. The van der Waals surface area contributed by atoms with Crippen molar-refractivity contribution in [3.63, 3.8) is 0 Å². The number of anilines is 1. The van der Waals surface area contributed by atoms with Crippen LogP contribution in [0, 0.1) is 5.82 Å². The van der Waals surface area contributed by atoms with Crippen molar-refractivity contribution >= 4 is 23.5 Å². The van der Waals surface area contributed by atoms with Crippen LogP contribution >= 0.6 is 11.6 Å². The average Bonchev–Trinajstić information content (AvgIpc) is 2.92. The molecule has 0 fully saturated rings. The van der Waals surface area contributed by atoms with Gasteiger partial charge in [0.1, 0.15) is 5.82 Å². The molecule has 1 heterocycles. The first-order chi connectivity index (χ1) is 9.24. The van der Waals surface area contributed by atoms with Crippen molar-refractivity contribution in [3.05, 3.63) is 64.9 Å². The van der Waals surface area contributed by atoms with Gasteiger partial charge in [0, 0.05) is 17.2 Å². The van der Waals surface area contributed by atoms with Gasteiger partial charge in [0.2, 0.25) is 0 Å². The van der Waals surface area contributed by atoms with Crippen LogP contribution in [0.1, 0.15) is 11.5 Å². The van der Waals surface area contributed by atoms with Crippen molar-refractivity contribution in [2.45, 2.75) is 5.92 Å². The lowest BCUT2D eigenvalue weighted by atomic mass is 10.0. The molecule has 0 radical (unpaired) electrons. The molecule has 0 bridgehead atoms. The molecule has 0 saturated heterocycles. The van der Waals surface area contributed by atoms with Gasteiger partial charge in [-0.25, -0.2) is 4.39 Å². The van der Waals surface area contributed by atoms with Crippen molar-refractivity contribution in [2.24, 2.45) is 5.10 Å². The zero-order valence-electron chi connectivity index (χ0n) is 10.1. The zero-order chi connectivity index (χ0) is 13.2. The number of hydrogen-bond donors (Lipinski definition) is 0. The summed E-state index contributed by atoms with van der Waals surface area (Å²) in [6.07, 6.45) is 1.84. The minimum absolute atomic E-state index is 0.180. The predicted octanol–water partition coefficient (Wildman–Crippen LogP) is 4.07. The van der Waals surface area contributed by atoms with E-state index in [0.717, 1.165) is 0 Å². The number of hydrazone groups is 1. The predicted molar refractivity (Wildman–Crippen MR) is 76.4 cm³/mol. The number of nitrogens with zero attached hydrogens (tertiary/aromatic N) is 2. The molecule has 3 rings (SSSR count). The van der Waals surface area contributed by atoms with Crippen LogP contribution < -0.4 is 5.01 Å². The second-order valence-corrected chi connectivity index (χ2v) is 4.90. The monoisotopic (exact) mass is 274 g/mol. The normalized spacial score (nSPS) is 18.0. The number of rotatable bonds is 2. The smallest absolute Gasteiger partial charge is 0.148 e. The highest BCUT2D eigenvalue weighted by Crippen LogP contribution is 2.29. The van der Waals surface area contributed by atoms with Gasteiger partial charge in [0.15, 0.2) is 0 Å². The minimum Gasteiger partial charge on any atom is -0.262 e. The lowest BCUT2D eigenvalue weighted by Crippen LogP contribution is -2.17. The van der Waals surface area contributed by atoms with Crippen LogP contribution in [0.3, 0.4) is 0 Å². The SMILES string of the molecule is Fc1ccc(Cl)cc1N1CC(c2ccccc2)C=N1. The maximum atomic E-state index is 13.8. The van der Waals surface area contributed by atoms with Gasteiger partial charge in [-0.3, -0.25) is 5.01 Å². The van der Waals surface area contributed by atoms with Crippen molar-refractivity contribution < 1.29 is 4.39 Å². The fourth-order valence-corrected chi connectivity index (χ4v) is 2.34. The Hall–Kier alpha value is -1.87. The molecule has 1 atom stereocenters. The Balaban J connectivity index is 1.84. The number of hydrogen-bond acceptors (Lipinski definition) is 2. The summed E-state index contributed by atoms with van der Waals surface area (Å²) in [4.78, 5) is 0. The van der Waals surface area contributed by atoms with Gasteiger partial charge >= 0.3 is 0 Å². The zero-order valence-corrected chi connectivity index (χ0v) is 10.9. The van der Waals surface area contributed by atoms with Crippen LogP contribution in [-0.4, -0.2) is 12.8 Å². The van der Waals surface area contributed by atoms with Gasteiger partial charge in [-0.05, 0) is 23.8 Å². The van der Waals surface area contributed by atoms with E-state index in [0.29, 0.717) is 17.3 Å². The maximum absolute atomic E-state index is 13.8. The molecule has 1 aliphatic heterocycles. The minimum atomic E-state index is -0.310. The van der Waals surface area contributed by atoms with Crippen LogP contribution in [-0.2, 0) is 0 Å². The van der Waals surface area contributed by atoms with E-state index >= 15 is 0 Å². The lowest BCUT2D eigenvalue weighted by Gasteiger charge is -2.17. The molecule has 2 nitrogen and oxygen atoms in total. The molecule has 96 valence electrons. The first-order valence-electron chi connectivity index (χ1n) is 6.05. The highest BCUT2D eigenvalue weighted by atomic mass is 35.5. The third-order valence-electron chi connectivity index (χ3n) is 3.17. The average molecular weight is 275 g/mol. The first kappa shape index (κ1) is 12.2. The molecule has 19 heavy (non-hydrogen) atoms. The maximum Gasteiger partial charge on any atom is 0.148 e. The van der Waals surface area contributed by atoms with Crippen molar-refractivity contribution in [2.75, 3.05) is 11.6 Å². The van der Waals surface area contributed by atoms with Crippen molar-refractivity contribution in [1.82, 2.24) is 0 Å². The molecular weight excluding hydrogens is 263 g/mol. The Labute approximate surface area is 116 Å². The molecule has 0 N–H and O–H groups in total. The lowest BCUT2D eigenvalue weighted by molar-refractivity contribution is 0.620. The Morgan fingerprint density at radius 2 is 1.95 bits per heavy atom. The van der Waals surface area contributed by atoms with E-state index in [1.807, 2.05) is 24.4 Å². The van der Waals surface area contributed by atoms with Gasteiger partial charge in [-0.2, -0.15) is 5.10 Å². The summed E-state index contributed by atoms with van der Waals surface area (Å²) in [6, 6.07) is 14.6. The summed E-state index contributed by atoms with van der Waals surface area (Å²) in [5.74, 6) is -0.130. The second-order valence-electron chi connectivity index (χ2n) is 4.46. The highest BCUT2D eigenvalue weighted by Gasteiger charge is 2.22. The number of benzene rings is 2. The molecule has 4 heteroatoms. The topological polar surface area (TPSA) is 15.6 Å². The van der Waals surface area contributed by atoms with Crippen LogP contribution in [0.2, 0.25) is 5.02 Å². The second kappa shape index (κ2) is 5.02. The Morgan fingerprint density at radius 3 is 2.74 bits per heavy atom. The van der Waals surface area contributed by atoms with Gasteiger partial charge in [-0.15, -0.1) is 0 Å². The van der Waals surface area contributed by atoms with Gasteiger partial charge in [0.05, 0.1) is 12.2 Å². The fraction of sp³-hybridized carbons (Fsp3) is 0.133. The third-order valence-corrected chi connectivity index (χ3v) is 3.40. The van der Waals surface area contributed by atoms with E-state index in [1.165, 1.54) is 17.7 Å². The quantitative estimate of drug-likeness (QED) is 0.806. The number of halogens is 2.